The molecule has 0 bridgehead atoms. The van der Waals surface area contributed by atoms with E-state index < -0.39 is 0 Å². The predicted molar refractivity (Wildman–Crippen MR) is 70.7 cm³/mol. The number of rotatable bonds is 2. The number of anilines is 1. The Bertz CT molecular complexity index is 628. The minimum Gasteiger partial charge on any atom is -0.352 e. The van der Waals surface area contributed by atoms with E-state index in [1.165, 1.54) is 4.57 Å². The number of aromatic nitrogens is 4. The molecule has 0 aromatic carbocycles. The van der Waals surface area contributed by atoms with Crippen LogP contribution in [0.15, 0.2) is 34.1 Å². The third-order valence-electron chi connectivity index (χ3n) is 3.09. The van der Waals surface area contributed by atoms with Crippen LogP contribution in [0, 0.1) is 0 Å². The average molecular weight is 310 g/mol. The summed E-state index contributed by atoms with van der Waals surface area (Å²) in [5.41, 5.74) is -0.0368. The second kappa shape index (κ2) is 4.24. The number of halogens is 1. The maximum absolute atomic E-state index is 11.5. The minimum absolute atomic E-state index is 0.0368. The molecule has 3 rings (SSSR count). The highest BCUT2D eigenvalue weighted by molar-refractivity contribution is 9.10. The van der Waals surface area contributed by atoms with E-state index in [2.05, 4.69) is 30.9 Å². The molecule has 2 aromatic heterocycles. The molecule has 1 aliphatic heterocycles. The lowest BCUT2D eigenvalue weighted by molar-refractivity contribution is 0.365. The molecule has 0 N–H and O–H groups in total. The maximum atomic E-state index is 11.5. The zero-order valence-corrected chi connectivity index (χ0v) is 11.4. The van der Waals surface area contributed by atoms with Crippen LogP contribution in [-0.4, -0.2) is 32.4 Å². The van der Waals surface area contributed by atoms with Crippen molar-refractivity contribution in [2.24, 2.45) is 7.05 Å². The van der Waals surface area contributed by atoms with E-state index in [1.807, 2.05) is 10.9 Å². The fourth-order valence-corrected chi connectivity index (χ4v) is 2.25. The summed E-state index contributed by atoms with van der Waals surface area (Å²) in [6, 6.07) is 1.91. The van der Waals surface area contributed by atoms with Gasteiger partial charge in [-0.2, -0.15) is 5.10 Å². The molecule has 94 valence electrons. The molecule has 0 saturated carbocycles. The van der Waals surface area contributed by atoms with Crippen molar-refractivity contribution >= 4 is 21.7 Å². The Hall–Kier alpha value is -1.63. The Morgan fingerprint density at radius 3 is 2.83 bits per heavy atom. The summed E-state index contributed by atoms with van der Waals surface area (Å²) in [6.07, 6.45) is 5.29. The number of nitrogens with zero attached hydrogens (tertiary/aromatic N) is 5. The van der Waals surface area contributed by atoms with Crippen molar-refractivity contribution in [3.63, 3.8) is 0 Å². The molecular formula is C11H12BrN5O. The van der Waals surface area contributed by atoms with Crippen LogP contribution in [0.1, 0.15) is 6.04 Å². The molecule has 18 heavy (non-hydrogen) atoms. The minimum atomic E-state index is -0.0368. The van der Waals surface area contributed by atoms with Crippen LogP contribution in [0.2, 0.25) is 0 Å². The zero-order chi connectivity index (χ0) is 12.7. The van der Waals surface area contributed by atoms with Crippen LogP contribution in [0.5, 0.6) is 0 Å². The van der Waals surface area contributed by atoms with Gasteiger partial charge in [0.05, 0.1) is 23.0 Å². The lowest BCUT2D eigenvalue weighted by atomic mass is 10.1. The van der Waals surface area contributed by atoms with E-state index >= 15 is 0 Å². The third-order valence-corrected chi connectivity index (χ3v) is 3.50. The van der Waals surface area contributed by atoms with Crippen LogP contribution in [-0.2, 0) is 7.05 Å². The summed E-state index contributed by atoms with van der Waals surface area (Å²) in [5, 5.41) is 4.25. The largest absolute Gasteiger partial charge is 0.352 e. The second-order valence-electron chi connectivity index (χ2n) is 4.39. The number of hydrogen-bond acceptors (Lipinski definition) is 4. The van der Waals surface area contributed by atoms with Gasteiger partial charge in [0.2, 0.25) is 0 Å². The van der Waals surface area contributed by atoms with Crippen molar-refractivity contribution in [1.29, 1.82) is 0 Å². The van der Waals surface area contributed by atoms with Crippen molar-refractivity contribution in [3.05, 3.63) is 39.6 Å². The second-order valence-corrected chi connectivity index (χ2v) is 5.31. The molecule has 6 nitrogen and oxygen atoms in total. The van der Waals surface area contributed by atoms with Crippen molar-refractivity contribution in [2.75, 3.05) is 18.0 Å². The SMILES string of the molecule is Cn1cnc(N2CC(n3cc(Br)cn3)C2)cc1=O. The van der Waals surface area contributed by atoms with Crippen LogP contribution in [0.4, 0.5) is 5.82 Å². The van der Waals surface area contributed by atoms with Gasteiger partial charge in [-0.25, -0.2) is 4.98 Å². The van der Waals surface area contributed by atoms with Gasteiger partial charge in [0.1, 0.15) is 5.82 Å². The quantitative estimate of drug-likeness (QED) is 0.823. The van der Waals surface area contributed by atoms with Crippen molar-refractivity contribution in [3.8, 4) is 0 Å². The molecule has 3 heterocycles. The fourth-order valence-electron chi connectivity index (χ4n) is 1.95. The lowest BCUT2D eigenvalue weighted by Crippen LogP contribution is -2.48. The van der Waals surface area contributed by atoms with Gasteiger partial charge in [0.25, 0.3) is 5.56 Å². The van der Waals surface area contributed by atoms with Gasteiger partial charge in [0.15, 0.2) is 0 Å². The van der Waals surface area contributed by atoms with E-state index in [0.29, 0.717) is 6.04 Å². The predicted octanol–water partition coefficient (Wildman–Crippen LogP) is 0.801. The van der Waals surface area contributed by atoms with E-state index in [4.69, 9.17) is 0 Å². The van der Waals surface area contributed by atoms with Gasteiger partial charge in [-0.05, 0) is 15.9 Å². The summed E-state index contributed by atoms with van der Waals surface area (Å²) in [5.74, 6) is 0.737. The lowest BCUT2D eigenvalue weighted by Gasteiger charge is -2.39. The molecule has 1 saturated heterocycles. The first-order valence-electron chi connectivity index (χ1n) is 5.61. The highest BCUT2D eigenvalue weighted by Crippen LogP contribution is 2.25. The van der Waals surface area contributed by atoms with Crippen molar-refractivity contribution < 1.29 is 0 Å². The van der Waals surface area contributed by atoms with E-state index in [9.17, 15) is 4.79 Å². The Morgan fingerprint density at radius 2 is 2.22 bits per heavy atom. The standard InChI is InChI=1S/C11H12BrN5O/c1-15-7-13-10(2-11(15)18)16-5-9(6-16)17-4-8(12)3-14-17/h2-4,7,9H,5-6H2,1H3. The van der Waals surface area contributed by atoms with Crippen LogP contribution in [0.3, 0.4) is 0 Å². The molecular weight excluding hydrogens is 298 g/mol. The van der Waals surface area contributed by atoms with Crippen molar-refractivity contribution in [2.45, 2.75) is 6.04 Å². The third kappa shape index (κ3) is 1.94. The van der Waals surface area contributed by atoms with Crippen LogP contribution in [0.25, 0.3) is 0 Å². The molecule has 0 radical (unpaired) electrons. The Kier molecular flexibility index (Phi) is 2.70. The topological polar surface area (TPSA) is 56.0 Å². The summed E-state index contributed by atoms with van der Waals surface area (Å²) >= 11 is 3.38. The molecule has 2 aromatic rings. The van der Waals surface area contributed by atoms with Gasteiger partial charge < -0.3 is 9.47 Å². The van der Waals surface area contributed by atoms with Gasteiger partial charge in [0, 0.05) is 32.4 Å². The Balaban J connectivity index is 1.71. The average Bonchev–Trinajstić information content (AvgIpc) is 2.68. The molecule has 7 heteroatoms. The fraction of sp³-hybridized carbons (Fsp3) is 0.364. The Morgan fingerprint density at radius 1 is 1.44 bits per heavy atom. The molecule has 0 spiro atoms. The Labute approximate surface area is 112 Å². The number of aryl methyl sites for hydroxylation is 1. The molecule has 0 unspecified atom stereocenters. The van der Waals surface area contributed by atoms with E-state index in [-0.39, 0.29) is 5.56 Å². The molecule has 0 aliphatic carbocycles. The van der Waals surface area contributed by atoms with Gasteiger partial charge >= 0.3 is 0 Å². The van der Waals surface area contributed by atoms with E-state index in [0.717, 1.165) is 23.4 Å². The first-order chi connectivity index (χ1) is 8.63. The normalized spacial score (nSPS) is 15.8. The number of hydrogen-bond donors (Lipinski definition) is 0. The first-order valence-corrected chi connectivity index (χ1v) is 6.40. The molecule has 1 aliphatic rings. The summed E-state index contributed by atoms with van der Waals surface area (Å²) in [6.45, 7) is 1.66. The van der Waals surface area contributed by atoms with Crippen LogP contribution >= 0.6 is 15.9 Å². The zero-order valence-electron chi connectivity index (χ0n) is 9.82. The summed E-state index contributed by atoms with van der Waals surface area (Å²) < 4.78 is 4.38. The molecule has 1 fully saturated rings. The molecule has 0 amide bonds. The maximum Gasteiger partial charge on any atom is 0.255 e. The summed E-state index contributed by atoms with van der Waals surface area (Å²) in [7, 11) is 1.69. The molecule has 0 atom stereocenters. The summed E-state index contributed by atoms with van der Waals surface area (Å²) in [4.78, 5) is 17.8. The first kappa shape index (κ1) is 11.5. The monoisotopic (exact) mass is 309 g/mol. The highest BCUT2D eigenvalue weighted by Gasteiger charge is 2.29. The van der Waals surface area contributed by atoms with E-state index in [1.54, 1.807) is 25.6 Å². The van der Waals surface area contributed by atoms with Gasteiger partial charge in [-0.15, -0.1) is 0 Å². The van der Waals surface area contributed by atoms with Crippen LogP contribution < -0.4 is 10.5 Å². The van der Waals surface area contributed by atoms with Gasteiger partial charge in [-0.1, -0.05) is 0 Å². The smallest absolute Gasteiger partial charge is 0.255 e. The van der Waals surface area contributed by atoms with Gasteiger partial charge in [-0.3, -0.25) is 9.48 Å². The highest BCUT2D eigenvalue weighted by atomic mass is 79.9. The van der Waals surface area contributed by atoms with Crippen molar-refractivity contribution in [1.82, 2.24) is 19.3 Å².